The molecule has 0 spiro atoms. The molecule has 0 bridgehead atoms. The van der Waals surface area contributed by atoms with Crippen LogP contribution >= 0.6 is 0 Å². The molecule has 2 amide bonds. The van der Waals surface area contributed by atoms with Crippen molar-refractivity contribution in [2.45, 2.75) is 12.8 Å². The summed E-state index contributed by atoms with van der Waals surface area (Å²) in [4.78, 5) is 40.5. The fourth-order valence-corrected chi connectivity index (χ4v) is 3.11. The summed E-state index contributed by atoms with van der Waals surface area (Å²) in [5, 5.41) is 15.7. The molecule has 1 aromatic carbocycles. The average molecular weight is 383 g/mol. The second-order valence-corrected chi connectivity index (χ2v) is 6.61. The average Bonchev–Trinajstić information content (AvgIpc) is 2.73. The molecule has 1 saturated heterocycles. The van der Waals surface area contributed by atoms with Gasteiger partial charge in [0, 0.05) is 43.7 Å². The van der Waals surface area contributed by atoms with Gasteiger partial charge in [0.05, 0.1) is 16.8 Å². The highest BCUT2D eigenvalue weighted by Gasteiger charge is 2.21. The van der Waals surface area contributed by atoms with E-state index in [0.29, 0.717) is 18.2 Å². The minimum atomic E-state index is -0.790. The van der Waals surface area contributed by atoms with Crippen LogP contribution in [0.1, 0.15) is 12.8 Å². The van der Waals surface area contributed by atoms with E-state index in [1.165, 1.54) is 24.3 Å². The van der Waals surface area contributed by atoms with Gasteiger partial charge in [0.2, 0.25) is 0 Å². The Kier molecular flexibility index (Phi) is 6.15. The summed E-state index contributed by atoms with van der Waals surface area (Å²) in [6, 6.07) is 9.24. The fourth-order valence-electron chi connectivity index (χ4n) is 3.11. The van der Waals surface area contributed by atoms with Gasteiger partial charge in [-0.25, -0.2) is 0 Å². The summed E-state index contributed by atoms with van der Waals surface area (Å²) in [7, 11) is 0. The van der Waals surface area contributed by atoms with Gasteiger partial charge in [0.1, 0.15) is 0 Å². The van der Waals surface area contributed by atoms with E-state index in [2.05, 4.69) is 20.5 Å². The SMILES string of the molecule is O=C(NCC1CCN(c2cccnc2)CC1)C(=O)Nc1ccc([N+](=O)[O-])cc1. The zero-order valence-electron chi connectivity index (χ0n) is 15.2. The predicted octanol–water partition coefficient (Wildman–Crippen LogP) is 1.96. The normalized spacial score (nSPS) is 14.4. The van der Waals surface area contributed by atoms with Gasteiger partial charge in [0.25, 0.3) is 5.69 Å². The lowest BCUT2D eigenvalue weighted by atomic mass is 9.96. The van der Waals surface area contributed by atoms with Crippen LogP contribution in [0.25, 0.3) is 0 Å². The van der Waals surface area contributed by atoms with Crippen LogP contribution in [0.15, 0.2) is 48.8 Å². The van der Waals surface area contributed by atoms with E-state index < -0.39 is 16.7 Å². The minimum Gasteiger partial charge on any atom is -0.370 e. The molecule has 9 heteroatoms. The number of amides is 2. The van der Waals surface area contributed by atoms with Crippen molar-refractivity contribution < 1.29 is 14.5 Å². The summed E-state index contributed by atoms with van der Waals surface area (Å²) in [6.45, 7) is 2.19. The quantitative estimate of drug-likeness (QED) is 0.463. The maximum Gasteiger partial charge on any atom is 0.313 e. The van der Waals surface area contributed by atoms with Crippen LogP contribution in [0, 0.1) is 16.0 Å². The maximum absolute atomic E-state index is 12.0. The molecule has 3 rings (SSSR count). The van der Waals surface area contributed by atoms with Gasteiger partial charge >= 0.3 is 11.8 Å². The summed E-state index contributed by atoms with van der Waals surface area (Å²) in [6.07, 6.45) is 5.41. The Labute approximate surface area is 161 Å². The molecule has 0 radical (unpaired) electrons. The largest absolute Gasteiger partial charge is 0.370 e. The Morgan fingerprint density at radius 2 is 1.86 bits per heavy atom. The van der Waals surface area contributed by atoms with Crippen molar-refractivity contribution in [2.24, 2.45) is 5.92 Å². The highest BCUT2D eigenvalue weighted by atomic mass is 16.6. The molecule has 1 aromatic heterocycles. The summed E-state index contributed by atoms with van der Waals surface area (Å²) < 4.78 is 0. The zero-order valence-corrected chi connectivity index (χ0v) is 15.2. The molecule has 146 valence electrons. The number of carbonyl (C=O) groups is 2. The van der Waals surface area contributed by atoms with Gasteiger partial charge in [-0.3, -0.25) is 24.7 Å². The van der Waals surface area contributed by atoms with Gasteiger partial charge in [-0.15, -0.1) is 0 Å². The lowest BCUT2D eigenvalue weighted by Gasteiger charge is -2.33. The molecule has 0 aliphatic carbocycles. The fraction of sp³-hybridized carbons (Fsp3) is 0.316. The van der Waals surface area contributed by atoms with Crippen molar-refractivity contribution in [3.63, 3.8) is 0 Å². The lowest BCUT2D eigenvalue weighted by Crippen LogP contribution is -2.41. The van der Waals surface area contributed by atoms with E-state index in [4.69, 9.17) is 0 Å². The van der Waals surface area contributed by atoms with Gasteiger partial charge < -0.3 is 15.5 Å². The highest BCUT2D eigenvalue weighted by molar-refractivity contribution is 6.39. The van der Waals surface area contributed by atoms with Crippen LogP contribution < -0.4 is 15.5 Å². The van der Waals surface area contributed by atoms with E-state index in [9.17, 15) is 19.7 Å². The Morgan fingerprint density at radius 3 is 2.46 bits per heavy atom. The molecule has 1 fully saturated rings. The van der Waals surface area contributed by atoms with Crippen LogP contribution in [-0.2, 0) is 9.59 Å². The van der Waals surface area contributed by atoms with Crippen LogP contribution in [0.4, 0.5) is 17.1 Å². The number of anilines is 2. The standard InChI is InChI=1S/C19H21N5O4/c25-18(19(26)22-15-3-5-16(6-4-15)24(27)28)21-12-14-7-10-23(11-8-14)17-2-1-9-20-13-17/h1-6,9,13-14H,7-8,10-12H2,(H,21,25)(H,22,26). The summed E-state index contributed by atoms with van der Waals surface area (Å²) >= 11 is 0. The smallest absolute Gasteiger partial charge is 0.313 e. The number of aromatic nitrogens is 1. The number of benzene rings is 1. The van der Waals surface area contributed by atoms with Gasteiger partial charge in [-0.05, 0) is 43.0 Å². The van der Waals surface area contributed by atoms with Crippen molar-refractivity contribution in [3.8, 4) is 0 Å². The maximum atomic E-state index is 12.0. The number of nitro groups is 1. The molecule has 2 N–H and O–H groups in total. The Bertz CT molecular complexity index is 833. The summed E-state index contributed by atoms with van der Waals surface area (Å²) in [5.74, 6) is -1.20. The molecule has 0 atom stereocenters. The van der Waals surface area contributed by atoms with E-state index in [1.54, 1.807) is 6.20 Å². The predicted molar refractivity (Wildman–Crippen MR) is 104 cm³/mol. The molecular formula is C19H21N5O4. The number of non-ortho nitro benzene ring substituents is 1. The third-order valence-corrected chi connectivity index (χ3v) is 4.72. The molecular weight excluding hydrogens is 362 g/mol. The minimum absolute atomic E-state index is 0.0833. The molecule has 28 heavy (non-hydrogen) atoms. The number of nitro benzene ring substituents is 1. The number of hydrogen-bond donors (Lipinski definition) is 2. The van der Waals surface area contributed by atoms with Crippen LogP contribution in [0.3, 0.4) is 0 Å². The van der Waals surface area contributed by atoms with Crippen molar-refractivity contribution in [3.05, 3.63) is 58.9 Å². The highest BCUT2D eigenvalue weighted by Crippen LogP contribution is 2.22. The molecule has 2 heterocycles. The first-order chi connectivity index (χ1) is 13.5. The van der Waals surface area contributed by atoms with Crippen molar-refractivity contribution in [1.82, 2.24) is 10.3 Å². The van der Waals surface area contributed by atoms with E-state index >= 15 is 0 Å². The van der Waals surface area contributed by atoms with Gasteiger partial charge in [-0.1, -0.05) is 0 Å². The second kappa shape index (κ2) is 8.94. The third-order valence-electron chi connectivity index (χ3n) is 4.72. The molecule has 0 saturated carbocycles. The number of nitrogens with one attached hydrogen (secondary N) is 2. The van der Waals surface area contributed by atoms with E-state index in [1.807, 2.05) is 18.3 Å². The van der Waals surface area contributed by atoms with Crippen LogP contribution in [-0.4, -0.2) is 41.4 Å². The number of carbonyl (C=O) groups excluding carboxylic acids is 2. The number of rotatable bonds is 5. The van der Waals surface area contributed by atoms with Crippen LogP contribution in [0.5, 0.6) is 0 Å². The number of nitrogens with zero attached hydrogens (tertiary/aromatic N) is 3. The van der Waals surface area contributed by atoms with E-state index in [-0.39, 0.29) is 5.69 Å². The van der Waals surface area contributed by atoms with E-state index in [0.717, 1.165) is 31.6 Å². The topological polar surface area (TPSA) is 117 Å². The number of pyridine rings is 1. The first-order valence-corrected chi connectivity index (χ1v) is 9.01. The van der Waals surface area contributed by atoms with Crippen molar-refractivity contribution in [1.29, 1.82) is 0 Å². The lowest BCUT2D eigenvalue weighted by molar-refractivity contribution is -0.384. The zero-order chi connectivity index (χ0) is 19.9. The Morgan fingerprint density at radius 1 is 1.14 bits per heavy atom. The summed E-state index contributed by atoms with van der Waals surface area (Å²) in [5.41, 5.74) is 1.34. The van der Waals surface area contributed by atoms with Gasteiger partial charge in [-0.2, -0.15) is 0 Å². The Hall–Kier alpha value is -3.49. The first-order valence-electron chi connectivity index (χ1n) is 9.01. The monoisotopic (exact) mass is 383 g/mol. The third kappa shape index (κ3) is 5.03. The molecule has 9 nitrogen and oxygen atoms in total. The van der Waals surface area contributed by atoms with Crippen molar-refractivity contribution >= 4 is 28.9 Å². The molecule has 0 unspecified atom stereocenters. The molecule has 1 aliphatic rings. The second-order valence-electron chi connectivity index (χ2n) is 6.61. The molecule has 1 aliphatic heterocycles. The van der Waals surface area contributed by atoms with Crippen molar-refractivity contribution in [2.75, 3.05) is 29.9 Å². The number of hydrogen-bond acceptors (Lipinski definition) is 6. The Balaban J connectivity index is 1.41. The van der Waals surface area contributed by atoms with Crippen LogP contribution in [0.2, 0.25) is 0 Å². The first kappa shape index (κ1) is 19.3. The van der Waals surface area contributed by atoms with Gasteiger partial charge in [0.15, 0.2) is 0 Å². The number of piperidine rings is 1. The molecule has 2 aromatic rings.